The lowest BCUT2D eigenvalue weighted by Gasteiger charge is -2.33. The van der Waals surface area contributed by atoms with Crippen molar-refractivity contribution in [3.05, 3.63) is 70.9 Å². The zero-order valence-corrected chi connectivity index (χ0v) is 14.5. The summed E-state index contributed by atoms with van der Waals surface area (Å²) >= 11 is 6.09. The molecule has 0 spiro atoms. The zero-order chi connectivity index (χ0) is 17.2. The first-order valence-corrected chi connectivity index (χ1v) is 8.78. The molecule has 1 atom stereocenters. The van der Waals surface area contributed by atoms with E-state index in [1.165, 1.54) is 0 Å². The Morgan fingerprint density at radius 1 is 1.24 bits per heavy atom. The summed E-state index contributed by atoms with van der Waals surface area (Å²) in [7, 11) is 0. The first-order chi connectivity index (χ1) is 12.2. The van der Waals surface area contributed by atoms with Crippen LogP contribution in [-0.4, -0.2) is 35.5 Å². The monoisotopic (exact) mass is 354 g/mol. The molecule has 1 aromatic heterocycles. The average molecular weight is 355 g/mol. The van der Waals surface area contributed by atoms with Gasteiger partial charge < -0.3 is 14.6 Å². The number of carbonyl (C=O) groups is 1. The van der Waals surface area contributed by atoms with Gasteiger partial charge in [-0.1, -0.05) is 41.9 Å². The Morgan fingerprint density at radius 2 is 2.08 bits per heavy atom. The molecule has 1 amide bonds. The fraction of sp³-hybridized carbons (Fsp3) is 0.250. The molecule has 0 aliphatic carbocycles. The van der Waals surface area contributed by atoms with Gasteiger partial charge in [-0.2, -0.15) is 0 Å². The van der Waals surface area contributed by atoms with E-state index in [9.17, 15) is 4.79 Å². The van der Waals surface area contributed by atoms with E-state index in [0.717, 1.165) is 22.0 Å². The van der Waals surface area contributed by atoms with Gasteiger partial charge in [-0.15, -0.1) is 0 Å². The quantitative estimate of drug-likeness (QED) is 0.773. The topological polar surface area (TPSA) is 45.3 Å². The molecule has 1 aliphatic heterocycles. The smallest absolute Gasteiger partial charge is 0.227 e. The van der Waals surface area contributed by atoms with Crippen LogP contribution in [0.25, 0.3) is 10.9 Å². The number of morpholine rings is 1. The molecule has 3 aromatic rings. The number of ether oxygens (including phenoxy) is 1. The van der Waals surface area contributed by atoms with Crippen LogP contribution >= 0.6 is 11.6 Å². The Bertz CT molecular complexity index is 891. The SMILES string of the molecule is O=C(Cc1c[nH]c2ccc(Cl)cc12)N1CCOC(c2ccccc2)C1. The molecule has 1 fully saturated rings. The van der Waals surface area contributed by atoms with Crippen LogP contribution in [0.1, 0.15) is 17.2 Å². The number of rotatable bonds is 3. The molecule has 1 aliphatic rings. The predicted molar refractivity (Wildman–Crippen MR) is 98.7 cm³/mol. The van der Waals surface area contributed by atoms with Crippen LogP contribution in [-0.2, 0) is 16.0 Å². The molecule has 0 saturated carbocycles. The summed E-state index contributed by atoms with van der Waals surface area (Å²) in [6.07, 6.45) is 2.20. The molecule has 0 bridgehead atoms. The first-order valence-electron chi connectivity index (χ1n) is 8.40. The van der Waals surface area contributed by atoms with E-state index in [-0.39, 0.29) is 12.0 Å². The molecule has 1 N–H and O–H groups in total. The predicted octanol–water partition coefficient (Wildman–Crippen LogP) is 3.96. The lowest BCUT2D eigenvalue weighted by Crippen LogP contribution is -2.42. The minimum Gasteiger partial charge on any atom is -0.370 e. The summed E-state index contributed by atoms with van der Waals surface area (Å²) in [4.78, 5) is 17.9. The van der Waals surface area contributed by atoms with Crippen molar-refractivity contribution in [1.82, 2.24) is 9.88 Å². The van der Waals surface area contributed by atoms with Gasteiger partial charge in [0.1, 0.15) is 6.10 Å². The lowest BCUT2D eigenvalue weighted by molar-refractivity contribution is -0.138. The van der Waals surface area contributed by atoms with Gasteiger partial charge in [0.25, 0.3) is 0 Å². The molecule has 1 unspecified atom stereocenters. The van der Waals surface area contributed by atoms with E-state index in [1.807, 2.05) is 59.6 Å². The highest BCUT2D eigenvalue weighted by Crippen LogP contribution is 2.25. The second-order valence-electron chi connectivity index (χ2n) is 6.29. The number of nitrogens with zero attached hydrogens (tertiary/aromatic N) is 1. The number of carbonyl (C=O) groups excluding carboxylic acids is 1. The molecule has 25 heavy (non-hydrogen) atoms. The summed E-state index contributed by atoms with van der Waals surface area (Å²) in [5.74, 6) is 0.116. The van der Waals surface area contributed by atoms with Gasteiger partial charge in [-0.25, -0.2) is 0 Å². The number of hydrogen-bond donors (Lipinski definition) is 1. The molecule has 1 saturated heterocycles. The minimum atomic E-state index is -0.0590. The molecule has 0 radical (unpaired) electrons. The van der Waals surface area contributed by atoms with Crippen molar-refractivity contribution in [3.63, 3.8) is 0 Å². The van der Waals surface area contributed by atoms with Crippen molar-refractivity contribution in [2.75, 3.05) is 19.7 Å². The zero-order valence-electron chi connectivity index (χ0n) is 13.7. The number of fused-ring (bicyclic) bond motifs is 1. The van der Waals surface area contributed by atoms with Crippen molar-refractivity contribution in [2.45, 2.75) is 12.5 Å². The third kappa shape index (κ3) is 3.41. The van der Waals surface area contributed by atoms with Crippen LogP contribution in [0, 0.1) is 0 Å². The fourth-order valence-corrected chi connectivity index (χ4v) is 3.49. The summed E-state index contributed by atoms with van der Waals surface area (Å²) in [5, 5.41) is 1.69. The van der Waals surface area contributed by atoms with Gasteiger partial charge in [-0.3, -0.25) is 4.79 Å². The number of H-pyrrole nitrogens is 1. The Balaban J connectivity index is 1.49. The van der Waals surface area contributed by atoms with Crippen molar-refractivity contribution in [2.24, 2.45) is 0 Å². The van der Waals surface area contributed by atoms with Crippen molar-refractivity contribution in [3.8, 4) is 0 Å². The van der Waals surface area contributed by atoms with Crippen LogP contribution in [0.3, 0.4) is 0 Å². The Labute approximate surface area is 151 Å². The molecule has 4 rings (SSSR count). The van der Waals surface area contributed by atoms with E-state index >= 15 is 0 Å². The van der Waals surface area contributed by atoms with Crippen LogP contribution in [0.5, 0.6) is 0 Å². The van der Waals surface area contributed by atoms with Crippen molar-refractivity contribution in [1.29, 1.82) is 0 Å². The number of amides is 1. The summed E-state index contributed by atoms with van der Waals surface area (Å²) in [6, 6.07) is 15.7. The van der Waals surface area contributed by atoms with Crippen LogP contribution in [0.4, 0.5) is 0 Å². The molecule has 5 heteroatoms. The summed E-state index contributed by atoms with van der Waals surface area (Å²) < 4.78 is 5.85. The highest BCUT2D eigenvalue weighted by Gasteiger charge is 2.25. The Morgan fingerprint density at radius 3 is 2.92 bits per heavy atom. The van der Waals surface area contributed by atoms with E-state index in [4.69, 9.17) is 16.3 Å². The van der Waals surface area contributed by atoms with Gasteiger partial charge in [0.05, 0.1) is 19.6 Å². The average Bonchev–Trinajstić information content (AvgIpc) is 3.04. The highest BCUT2D eigenvalue weighted by atomic mass is 35.5. The lowest BCUT2D eigenvalue weighted by atomic mass is 10.1. The molecular formula is C20H19ClN2O2. The molecule has 4 nitrogen and oxygen atoms in total. The molecule has 128 valence electrons. The summed E-state index contributed by atoms with van der Waals surface area (Å²) in [6.45, 7) is 1.78. The standard InChI is InChI=1S/C20H19ClN2O2/c21-16-6-7-18-17(11-16)15(12-22-18)10-20(24)23-8-9-25-19(13-23)14-4-2-1-3-5-14/h1-7,11-12,19,22H,8-10,13H2. The van der Waals surface area contributed by atoms with Gasteiger partial charge >= 0.3 is 0 Å². The van der Waals surface area contributed by atoms with Crippen LogP contribution in [0.15, 0.2) is 54.7 Å². The maximum absolute atomic E-state index is 12.8. The maximum atomic E-state index is 12.8. The van der Waals surface area contributed by atoms with E-state index < -0.39 is 0 Å². The molecule has 2 aromatic carbocycles. The number of nitrogens with one attached hydrogen (secondary N) is 1. The Kier molecular flexibility index (Phi) is 4.47. The second-order valence-corrected chi connectivity index (χ2v) is 6.73. The largest absolute Gasteiger partial charge is 0.370 e. The maximum Gasteiger partial charge on any atom is 0.227 e. The molecule has 2 heterocycles. The number of aromatic amines is 1. The van der Waals surface area contributed by atoms with E-state index in [1.54, 1.807) is 0 Å². The van der Waals surface area contributed by atoms with Crippen LogP contribution in [0.2, 0.25) is 5.02 Å². The van der Waals surface area contributed by atoms with Gasteiger partial charge in [0.2, 0.25) is 5.91 Å². The Hall–Kier alpha value is -2.30. The number of hydrogen-bond acceptors (Lipinski definition) is 2. The van der Waals surface area contributed by atoms with Gasteiger partial charge in [0.15, 0.2) is 0 Å². The first kappa shape index (κ1) is 16.2. The van der Waals surface area contributed by atoms with E-state index in [0.29, 0.717) is 31.1 Å². The van der Waals surface area contributed by atoms with Crippen molar-refractivity contribution < 1.29 is 9.53 Å². The van der Waals surface area contributed by atoms with E-state index in [2.05, 4.69) is 4.98 Å². The van der Waals surface area contributed by atoms with Crippen molar-refractivity contribution >= 4 is 28.4 Å². The molecular weight excluding hydrogens is 336 g/mol. The summed E-state index contributed by atoms with van der Waals surface area (Å²) in [5.41, 5.74) is 3.08. The number of halogens is 1. The minimum absolute atomic E-state index is 0.0590. The van der Waals surface area contributed by atoms with Gasteiger partial charge in [0, 0.05) is 28.7 Å². The number of aromatic nitrogens is 1. The normalized spacial score (nSPS) is 17.8. The third-order valence-corrected chi connectivity index (χ3v) is 4.90. The highest BCUT2D eigenvalue weighted by molar-refractivity contribution is 6.31. The number of benzene rings is 2. The third-order valence-electron chi connectivity index (χ3n) is 4.66. The van der Waals surface area contributed by atoms with Crippen LogP contribution < -0.4 is 0 Å². The van der Waals surface area contributed by atoms with Gasteiger partial charge in [-0.05, 0) is 29.3 Å². The fourth-order valence-electron chi connectivity index (χ4n) is 3.32. The second kappa shape index (κ2) is 6.90.